The summed E-state index contributed by atoms with van der Waals surface area (Å²) in [6.07, 6.45) is 6.50. The minimum absolute atomic E-state index is 0.0954. The first-order chi connectivity index (χ1) is 7.95. The van der Waals surface area contributed by atoms with Crippen LogP contribution in [-0.4, -0.2) is 29.9 Å². The molecular formula is C14H28N2O. The fraction of sp³-hybridized carbons (Fsp3) is 0.929. The van der Waals surface area contributed by atoms with Gasteiger partial charge in [0, 0.05) is 13.1 Å². The molecule has 0 aromatic heterocycles. The van der Waals surface area contributed by atoms with Gasteiger partial charge in [0.2, 0.25) is 5.91 Å². The second-order valence-electron chi connectivity index (χ2n) is 5.86. The summed E-state index contributed by atoms with van der Waals surface area (Å²) in [5.74, 6) is 0.971. The molecule has 1 saturated carbocycles. The first-order valence-electron chi connectivity index (χ1n) is 6.97. The van der Waals surface area contributed by atoms with Crippen molar-refractivity contribution < 1.29 is 4.79 Å². The third kappa shape index (κ3) is 3.70. The van der Waals surface area contributed by atoms with Gasteiger partial charge in [-0.1, -0.05) is 33.1 Å². The smallest absolute Gasteiger partial charge is 0.239 e. The summed E-state index contributed by atoms with van der Waals surface area (Å²) < 4.78 is 0. The molecule has 0 unspecified atom stereocenters. The Morgan fingerprint density at radius 2 is 1.71 bits per heavy atom. The zero-order valence-corrected chi connectivity index (χ0v) is 11.8. The number of rotatable bonds is 4. The van der Waals surface area contributed by atoms with E-state index in [-0.39, 0.29) is 17.9 Å². The first-order valence-corrected chi connectivity index (χ1v) is 6.97. The fourth-order valence-corrected chi connectivity index (χ4v) is 2.65. The number of hydrogen-bond acceptors (Lipinski definition) is 2. The van der Waals surface area contributed by atoms with Crippen molar-refractivity contribution in [1.82, 2.24) is 4.90 Å². The van der Waals surface area contributed by atoms with Crippen molar-refractivity contribution in [3.8, 4) is 0 Å². The zero-order chi connectivity index (χ0) is 13.0. The molecule has 2 atom stereocenters. The number of hydrogen-bond donors (Lipinski definition) is 1. The number of likely N-dealkylation sites (N-methyl/N-ethyl adjacent to an activating group) is 1. The molecule has 1 aliphatic carbocycles. The van der Waals surface area contributed by atoms with Crippen molar-refractivity contribution in [2.24, 2.45) is 17.6 Å². The Morgan fingerprint density at radius 1 is 1.18 bits per heavy atom. The number of carbonyl (C=O) groups excluding carboxylic acids is 1. The average molecular weight is 240 g/mol. The van der Waals surface area contributed by atoms with Gasteiger partial charge < -0.3 is 10.6 Å². The fourth-order valence-electron chi connectivity index (χ4n) is 2.65. The molecule has 0 heterocycles. The van der Waals surface area contributed by atoms with Crippen molar-refractivity contribution in [2.75, 3.05) is 7.05 Å². The molecule has 2 N–H and O–H groups in total. The van der Waals surface area contributed by atoms with Gasteiger partial charge in [0.05, 0.1) is 6.04 Å². The van der Waals surface area contributed by atoms with Crippen LogP contribution in [0.5, 0.6) is 0 Å². The van der Waals surface area contributed by atoms with Crippen LogP contribution in [-0.2, 0) is 4.79 Å². The molecule has 3 nitrogen and oxygen atoms in total. The van der Waals surface area contributed by atoms with Crippen molar-refractivity contribution in [1.29, 1.82) is 0 Å². The predicted molar refractivity (Wildman–Crippen MR) is 71.6 cm³/mol. The van der Waals surface area contributed by atoms with E-state index in [9.17, 15) is 4.79 Å². The van der Waals surface area contributed by atoms with E-state index >= 15 is 0 Å². The molecular weight excluding hydrogens is 212 g/mol. The average Bonchev–Trinajstić information content (AvgIpc) is 2.36. The number of carbonyl (C=O) groups is 1. The van der Waals surface area contributed by atoms with E-state index in [0.717, 1.165) is 0 Å². The third-order valence-corrected chi connectivity index (χ3v) is 4.29. The van der Waals surface area contributed by atoms with Crippen LogP contribution in [0.4, 0.5) is 0 Å². The van der Waals surface area contributed by atoms with Gasteiger partial charge in [-0.3, -0.25) is 4.79 Å². The molecule has 0 spiro atoms. The first kappa shape index (κ1) is 14.5. The minimum atomic E-state index is -0.356. The van der Waals surface area contributed by atoms with Crippen LogP contribution in [0.3, 0.4) is 0 Å². The van der Waals surface area contributed by atoms with E-state index in [1.807, 2.05) is 25.8 Å². The maximum atomic E-state index is 12.2. The molecule has 100 valence electrons. The van der Waals surface area contributed by atoms with Crippen molar-refractivity contribution >= 4 is 5.91 Å². The maximum absolute atomic E-state index is 12.2. The Balaban J connectivity index is 2.55. The van der Waals surface area contributed by atoms with Gasteiger partial charge in [0.25, 0.3) is 0 Å². The summed E-state index contributed by atoms with van der Waals surface area (Å²) >= 11 is 0. The lowest BCUT2D eigenvalue weighted by molar-refractivity contribution is -0.135. The van der Waals surface area contributed by atoms with Crippen LogP contribution in [0.1, 0.15) is 52.9 Å². The van der Waals surface area contributed by atoms with E-state index in [1.165, 1.54) is 32.1 Å². The van der Waals surface area contributed by atoms with Crippen LogP contribution >= 0.6 is 0 Å². The summed E-state index contributed by atoms with van der Waals surface area (Å²) in [7, 11) is 1.91. The van der Waals surface area contributed by atoms with Crippen LogP contribution < -0.4 is 5.73 Å². The lowest BCUT2D eigenvalue weighted by Crippen LogP contribution is -2.50. The summed E-state index contributed by atoms with van der Waals surface area (Å²) in [4.78, 5) is 14.0. The zero-order valence-electron chi connectivity index (χ0n) is 11.8. The van der Waals surface area contributed by atoms with Crippen molar-refractivity contribution in [2.45, 2.75) is 65.0 Å². The Hall–Kier alpha value is -0.570. The molecule has 1 rings (SSSR count). The molecule has 0 radical (unpaired) electrons. The molecule has 17 heavy (non-hydrogen) atoms. The SMILES string of the molecule is CC(C)[C@@H](N)C(=O)N(C)[C@H](C)C1CCCCC1. The van der Waals surface area contributed by atoms with Crippen LogP contribution in [0.25, 0.3) is 0 Å². The lowest BCUT2D eigenvalue weighted by Gasteiger charge is -2.36. The van der Waals surface area contributed by atoms with Gasteiger partial charge in [-0.25, -0.2) is 0 Å². The molecule has 0 saturated heterocycles. The normalized spacial score (nSPS) is 21.3. The summed E-state index contributed by atoms with van der Waals surface area (Å²) in [5.41, 5.74) is 5.94. The van der Waals surface area contributed by atoms with Gasteiger partial charge in [-0.05, 0) is 31.6 Å². The summed E-state index contributed by atoms with van der Waals surface area (Å²) in [5, 5.41) is 0. The van der Waals surface area contributed by atoms with Gasteiger partial charge in [0.1, 0.15) is 0 Å². The molecule has 0 aromatic carbocycles. The van der Waals surface area contributed by atoms with Crippen LogP contribution in [0.15, 0.2) is 0 Å². The lowest BCUT2D eigenvalue weighted by atomic mass is 9.84. The molecule has 1 amide bonds. The highest BCUT2D eigenvalue weighted by atomic mass is 16.2. The Labute approximate surface area is 106 Å². The highest BCUT2D eigenvalue weighted by Crippen LogP contribution is 2.28. The maximum Gasteiger partial charge on any atom is 0.239 e. The van der Waals surface area contributed by atoms with E-state index in [1.54, 1.807) is 0 Å². The van der Waals surface area contributed by atoms with Gasteiger partial charge in [-0.15, -0.1) is 0 Å². The van der Waals surface area contributed by atoms with E-state index in [0.29, 0.717) is 12.0 Å². The third-order valence-electron chi connectivity index (χ3n) is 4.29. The van der Waals surface area contributed by atoms with Gasteiger partial charge in [0.15, 0.2) is 0 Å². The van der Waals surface area contributed by atoms with E-state index < -0.39 is 0 Å². The molecule has 0 aromatic rings. The summed E-state index contributed by atoms with van der Waals surface area (Å²) in [6, 6.07) is -0.0290. The van der Waals surface area contributed by atoms with E-state index in [2.05, 4.69) is 6.92 Å². The van der Waals surface area contributed by atoms with Crippen molar-refractivity contribution in [3.05, 3.63) is 0 Å². The van der Waals surface area contributed by atoms with Crippen LogP contribution in [0.2, 0.25) is 0 Å². The van der Waals surface area contributed by atoms with E-state index in [4.69, 9.17) is 5.73 Å². The number of nitrogens with zero attached hydrogens (tertiary/aromatic N) is 1. The number of amides is 1. The van der Waals surface area contributed by atoms with Gasteiger partial charge >= 0.3 is 0 Å². The highest BCUT2D eigenvalue weighted by molar-refractivity contribution is 5.81. The Kier molecular flexibility index (Phi) is 5.44. The second kappa shape index (κ2) is 6.39. The molecule has 1 fully saturated rings. The highest BCUT2D eigenvalue weighted by Gasteiger charge is 2.29. The summed E-state index contributed by atoms with van der Waals surface area (Å²) in [6.45, 7) is 6.17. The largest absolute Gasteiger partial charge is 0.341 e. The molecule has 0 bridgehead atoms. The molecule has 0 aliphatic heterocycles. The van der Waals surface area contributed by atoms with Crippen LogP contribution in [0, 0.1) is 11.8 Å². The minimum Gasteiger partial charge on any atom is -0.341 e. The topological polar surface area (TPSA) is 46.3 Å². The van der Waals surface area contributed by atoms with Gasteiger partial charge in [-0.2, -0.15) is 0 Å². The monoisotopic (exact) mass is 240 g/mol. The predicted octanol–water partition coefficient (Wildman–Crippen LogP) is 2.40. The molecule has 3 heteroatoms. The standard InChI is InChI=1S/C14H28N2O/c1-10(2)13(15)14(17)16(4)11(3)12-8-6-5-7-9-12/h10-13H,5-9,15H2,1-4H3/t11-,13-/m1/s1. The quantitative estimate of drug-likeness (QED) is 0.820. The molecule has 1 aliphatic rings. The Bertz CT molecular complexity index is 247. The van der Waals surface area contributed by atoms with Crippen molar-refractivity contribution in [3.63, 3.8) is 0 Å². The Morgan fingerprint density at radius 3 is 2.18 bits per heavy atom. The second-order valence-corrected chi connectivity index (χ2v) is 5.86. The number of nitrogens with two attached hydrogens (primary N) is 1.